The fraction of sp³-hybridized carbons (Fsp3) is 0.391. The average molecular weight is 383 g/mol. The highest BCUT2D eigenvalue weighted by atomic mass is 16.5. The van der Waals surface area contributed by atoms with Crippen molar-refractivity contribution in [1.29, 1.82) is 0 Å². The first-order valence-electron chi connectivity index (χ1n) is 9.74. The molecule has 2 rings (SSSR count). The first-order valence-corrected chi connectivity index (χ1v) is 9.74. The Bertz CT molecular complexity index is 774. The molecule has 1 unspecified atom stereocenters. The average Bonchev–Trinajstić information content (AvgIpc) is 2.72. The highest BCUT2D eigenvalue weighted by Gasteiger charge is 2.28. The Labute approximate surface area is 167 Å². The minimum Gasteiger partial charge on any atom is -0.483 e. The zero-order chi connectivity index (χ0) is 20.5. The monoisotopic (exact) mass is 382 g/mol. The van der Waals surface area contributed by atoms with Crippen LogP contribution in [-0.4, -0.2) is 36.4 Å². The maximum absolute atomic E-state index is 13.0. The summed E-state index contributed by atoms with van der Waals surface area (Å²) in [6.45, 7) is 6.33. The van der Waals surface area contributed by atoms with Crippen LogP contribution in [0.25, 0.3) is 0 Å². The standard InChI is InChI=1S/C23H30N2O3/c1-5-20(23(27)24-4)25(15-18-11-7-6-8-12-18)22(26)16-28-21-14-10-9-13-19(21)17(2)3/h6-14,17,20H,5,15-16H2,1-4H3,(H,24,27). The second kappa shape index (κ2) is 10.5. The molecule has 1 N–H and O–H groups in total. The molecule has 2 aromatic carbocycles. The third-order valence-corrected chi connectivity index (χ3v) is 4.72. The van der Waals surface area contributed by atoms with E-state index in [2.05, 4.69) is 19.2 Å². The molecule has 1 atom stereocenters. The first kappa shape index (κ1) is 21.5. The van der Waals surface area contributed by atoms with Crippen molar-refractivity contribution in [3.05, 3.63) is 65.7 Å². The van der Waals surface area contributed by atoms with Gasteiger partial charge >= 0.3 is 0 Å². The molecule has 0 saturated carbocycles. The van der Waals surface area contributed by atoms with Gasteiger partial charge in [0.1, 0.15) is 11.8 Å². The number of likely N-dealkylation sites (N-methyl/N-ethyl adjacent to an activating group) is 1. The largest absolute Gasteiger partial charge is 0.483 e. The normalized spacial score (nSPS) is 11.8. The van der Waals surface area contributed by atoms with Crippen molar-refractivity contribution in [2.75, 3.05) is 13.7 Å². The number of rotatable bonds is 9. The predicted molar refractivity (Wildman–Crippen MR) is 111 cm³/mol. The fourth-order valence-electron chi connectivity index (χ4n) is 3.18. The molecule has 0 radical (unpaired) electrons. The Balaban J connectivity index is 2.20. The van der Waals surface area contributed by atoms with Crippen molar-refractivity contribution in [2.45, 2.75) is 45.7 Å². The van der Waals surface area contributed by atoms with Crippen LogP contribution in [-0.2, 0) is 16.1 Å². The van der Waals surface area contributed by atoms with Crippen LogP contribution in [0.1, 0.15) is 44.2 Å². The van der Waals surface area contributed by atoms with E-state index in [9.17, 15) is 9.59 Å². The summed E-state index contributed by atoms with van der Waals surface area (Å²) in [7, 11) is 1.59. The summed E-state index contributed by atoms with van der Waals surface area (Å²) in [5.74, 6) is 0.617. The Hall–Kier alpha value is -2.82. The number of hydrogen-bond acceptors (Lipinski definition) is 3. The quantitative estimate of drug-likeness (QED) is 0.719. The lowest BCUT2D eigenvalue weighted by molar-refractivity contribution is -0.142. The van der Waals surface area contributed by atoms with Gasteiger partial charge in [-0.25, -0.2) is 0 Å². The van der Waals surface area contributed by atoms with Gasteiger partial charge in [0.25, 0.3) is 5.91 Å². The summed E-state index contributed by atoms with van der Waals surface area (Å²) >= 11 is 0. The summed E-state index contributed by atoms with van der Waals surface area (Å²) in [4.78, 5) is 27.0. The number of amides is 2. The van der Waals surface area contributed by atoms with Crippen molar-refractivity contribution in [3.63, 3.8) is 0 Å². The van der Waals surface area contributed by atoms with E-state index in [1.807, 2.05) is 61.5 Å². The molecule has 0 aliphatic carbocycles. The summed E-state index contributed by atoms with van der Waals surface area (Å²) in [6, 6.07) is 16.9. The van der Waals surface area contributed by atoms with Crippen LogP contribution in [0.4, 0.5) is 0 Å². The molecule has 150 valence electrons. The van der Waals surface area contributed by atoms with Gasteiger partial charge in [-0.1, -0.05) is 69.3 Å². The van der Waals surface area contributed by atoms with E-state index in [1.165, 1.54) is 0 Å². The van der Waals surface area contributed by atoms with Crippen molar-refractivity contribution in [3.8, 4) is 5.75 Å². The minimum atomic E-state index is -0.540. The van der Waals surface area contributed by atoms with Crippen LogP contribution < -0.4 is 10.1 Å². The summed E-state index contributed by atoms with van der Waals surface area (Å²) in [5.41, 5.74) is 2.03. The zero-order valence-corrected chi connectivity index (χ0v) is 17.1. The summed E-state index contributed by atoms with van der Waals surface area (Å²) in [6.07, 6.45) is 0.529. The molecular weight excluding hydrogens is 352 g/mol. The van der Waals surface area contributed by atoms with E-state index in [0.717, 1.165) is 11.1 Å². The van der Waals surface area contributed by atoms with Gasteiger partial charge in [0.2, 0.25) is 5.91 Å². The third-order valence-electron chi connectivity index (χ3n) is 4.72. The first-order chi connectivity index (χ1) is 13.5. The van der Waals surface area contributed by atoms with Gasteiger partial charge in [-0.05, 0) is 29.5 Å². The third kappa shape index (κ3) is 5.59. The van der Waals surface area contributed by atoms with Crippen molar-refractivity contribution < 1.29 is 14.3 Å². The van der Waals surface area contributed by atoms with Crippen molar-refractivity contribution in [2.24, 2.45) is 0 Å². The lowest BCUT2D eigenvalue weighted by atomic mass is 10.0. The molecule has 2 amide bonds. The number of carbonyl (C=O) groups excluding carboxylic acids is 2. The maximum Gasteiger partial charge on any atom is 0.261 e. The molecule has 0 bridgehead atoms. The van der Waals surface area contributed by atoms with E-state index in [4.69, 9.17) is 4.74 Å². The lowest BCUT2D eigenvalue weighted by Gasteiger charge is -2.30. The number of para-hydroxylation sites is 1. The van der Waals surface area contributed by atoms with E-state index in [0.29, 0.717) is 24.6 Å². The second-order valence-electron chi connectivity index (χ2n) is 7.03. The van der Waals surface area contributed by atoms with Crippen molar-refractivity contribution in [1.82, 2.24) is 10.2 Å². The van der Waals surface area contributed by atoms with E-state index >= 15 is 0 Å². The molecule has 0 saturated heterocycles. The number of nitrogens with one attached hydrogen (secondary N) is 1. The van der Waals surface area contributed by atoms with Crippen LogP contribution in [0, 0.1) is 0 Å². The molecular formula is C23H30N2O3. The SMILES string of the molecule is CCC(C(=O)NC)N(Cc1ccccc1)C(=O)COc1ccccc1C(C)C. The second-order valence-corrected chi connectivity index (χ2v) is 7.03. The van der Waals surface area contributed by atoms with E-state index in [1.54, 1.807) is 11.9 Å². The van der Waals surface area contributed by atoms with Gasteiger partial charge in [-0.3, -0.25) is 9.59 Å². The van der Waals surface area contributed by atoms with E-state index in [-0.39, 0.29) is 18.4 Å². The molecule has 0 fully saturated rings. The number of carbonyl (C=O) groups is 2. The Kier molecular flexibility index (Phi) is 8.05. The van der Waals surface area contributed by atoms with Crippen LogP contribution in [0.3, 0.4) is 0 Å². The zero-order valence-electron chi connectivity index (χ0n) is 17.1. The number of ether oxygens (including phenoxy) is 1. The van der Waals surface area contributed by atoms with Gasteiger partial charge in [-0.15, -0.1) is 0 Å². The van der Waals surface area contributed by atoms with Gasteiger partial charge in [-0.2, -0.15) is 0 Å². The smallest absolute Gasteiger partial charge is 0.261 e. The van der Waals surface area contributed by atoms with Crippen LogP contribution in [0.5, 0.6) is 5.75 Å². The molecule has 0 aromatic heterocycles. The molecule has 5 heteroatoms. The maximum atomic E-state index is 13.0. The topological polar surface area (TPSA) is 58.6 Å². The van der Waals surface area contributed by atoms with Gasteiger partial charge in [0, 0.05) is 13.6 Å². The lowest BCUT2D eigenvalue weighted by Crippen LogP contribution is -2.49. The van der Waals surface area contributed by atoms with Crippen LogP contribution in [0.2, 0.25) is 0 Å². The summed E-state index contributed by atoms with van der Waals surface area (Å²) < 4.78 is 5.86. The molecule has 2 aromatic rings. The van der Waals surface area contributed by atoms with E-state index < -0.39 is 6.04 Å². The minimum absolute atomic E-state index is 0.107. The molecule has 5 nitrogen and oxygen atoms in total. The number of benzene rings is 2. The highest BCUT2D eigenvalue weighted by Crippen LogP contribution is 2.26. The molecule has 0 aliphatic rings. The van der Waals surface area contributed by atoms with Gasteiger partial charge in [0.15, 0.2) is 6.61 Å². The molecule has 0 aliphatic heterocycles. The molecule has 0 heterocycles. The molecule has 28 heavy (non-hydrogen) atoms. The van der Waals surface area contributed by atoms with Crippen molar-refractivity contribution >= 4 is 11.8 Å². The van der Waals surface area contributed by atoms with Crippen LogP contribution in [0.15, 0.2) is 54.6 Å². The molecule has 0 spiro atoms. The Morgan fingerprint density at radius 3 is 2.29 bits per heavy atom. The van der Waals surface area contributed by atoms with Gasteiger partial charge < -0.3 is 15.0 Å². The Morgan fingerprint density at radius 2 is 1.68 bits per heavy atom. The highest BCUT2D eigenvalue weighted by molar-refractivity contribution is 5.88. The number of nitrogens with zero attached hydrogens (tertiary/aromatic N) is 1. The fourth-order valence-corrected chi connectivity index (χ4v) is 3.18. The number of hydrogen-bond donors (Lipinski definition) is 1. The predicted octanol–water partition coefficient (Wildman–Crippen LogP) is 3.74. The van der Waals surface area contributed by atoms with Crippen LogP contribution >= 0.6 is 0 Å². The summed E-state index contributed by atoms with van der Waals surface area (Å²) in [5, 5.41) is 2.66. The Morgan fingerprint density at radius 1 is 1.04 bits per heavy atom. The van der Waals surface area contributed by atoms with Gasteiger partial charge in [0.05, 0.1) is 0 Å².